The van der Waals surface area contributed by atoms with Gasteiger partial charge in [0.1, 0.15) is 11.5 Å². The Bertz CT molecular complexity index is 1110. The van der Waals surface area contributed by atoms with E-state index >= 15 is 0 Å². The molecule has 1 aliphatic rings. The second-order valence-electron chi connectivity index (χ2n) is 7.34. The van der Waals surface area contributed by atoms with E-state index in [1.165, 1.54) is 28.8 Å². The van der Waals surface area contributed by atoms with Gasteiger partial charge in [-0.25, -0.2) is 0 Å². The summed E-state index contributed by atoms with van der Waals surface area (Å²) in [7, 11) is 1.67. The van der Waals surface area contributed by atoms with Crippen LogP contribution in [-0.2, 0) is 19.5 Å². The van der Waals surface area contributed by atoms with Gasteiger partial charge in [0.2, 0.25) is 0 Å². The summed E-state index contributed by atoms with van der Waals surface area (Å²) in [5.41, 5.74) is 3.48. The Labute approximate surface area is 190 Å². The van der Waals surface area contributed by atoms with Crippen LogP contribution in [0.1, 0.15) is 16.7 Å². The molecule has 8 heteroatoms. The number of hydrogen-bond donors (Lipinski definition) is 0. The lowest BCUT2D eigenvalue weighted by atomic mass is 9.99. The highest BCUT2D eigenvalue weighted by Gasteiger charge is 2.19. The summed E-state index contributed by atoms with van der Waals surface area (Å²) < 4.78 is 11.2. The van der Waals surface area contributed by atoms with E-state index in [2.05, 4.69) is 17.0 Å². The molecule has 1 aliphatic heterocycles. The van der Waals surface area contributed by atoms with Gasteiger partial charge in [-0.2, -0.15) is 0 Å². The van der Waals surface area contributed by atoms with Crippen LogP contribution < -0.4 is 9.47 Å². The summed E-state index contributed by atoms with van der Waals surface area (Å²) in [6.45, 7) is 2.61. The minimum absolute atomic E-state index is 0.0985. The fraction of sp³-hybridized carbons (Fsp3) is 0.217. The monoisotopic (exact) mass is 458 g/mol. The topological polar surface area (TPSA) is 64.8 Å². The Hall–Kier alpha value is -2.80. The van der Waals surface area contributed by atoms with Crippen molar-refractivity contribution in [2.24, 2.45) is 0 Å². The van der Waals surface area contributed by atoms with Gasteiger partial charge in [0.15, 0.2) is 5.75 Å². The van der Waals surface area contributed by atoms with Gasteiger partial charge in [-0.15, -0.1) is 0 Å². The molecule has 0 bridgehead atoms. The molecule has 4 rings (SSSR count). The second-order valence-corrected chi connectivity index (χ2v) is 8.15. The zero-order chi connectivity index (χ0) is 22.0. The maximum Gasteiger partial charge on any atom is 0.272 e. The molecule has 0 unspecified atom stereocenters. The van der Waals surface area contributed by atoms with Crippen molar-refractivity contribution < 1.29 is 14.4 Å². The highest BCUT2D eigenvalue weighted by atomic mass is 35.5. The first kappa shape index (κ1) is 21.4. The number of methoxy groups -OCH3 is 1. The summed E-state index contributed by atoms with van der Waals surface area (Å²) in [4.78, 5) is 12.8. The first-order valence-electron chi connectivity index (χ1n) is 9.71. The zero-order valence-electron chi connectivity index (χ0n) is 16.8. The Morgan fingerprint density at radius 1 is 1.03 bits per heavy atom. The highest BCUT2D eigenvalue weighted by molar-refractivity contribution is 6.37. The molecule has 0 N–H and O–H groups in total. The summed E-state index contributed by atoms with van der Waals surface area (Å²) >= 11 is 12.3. The molecule has 6 nitrogen and oxygen atoms in total. The Morgan fingerprint density at radius 2 is 1.81 bits per heavy atom. The predicted molar refractivity (Wildman–Crippen MR) is 120 cm³/mol. The van der Waals surface area contributed by atoms with Gasteiger partial charge in [0.05, 0.1) is 22.1 Å². The van der Waals surface area contributed by atoms with Crippen LogP contribution in [0.2, 0.25) is 10.0 Å². The molecule has 0 saturated carbocycles. The normalized spacial score (nSPS) is 13.5. The lowest BCUT2D eigenvalue weighted by Crippen LogP contribution is -2.30. The van der Waals surface area contributed by atoms with Crippen molar-refractivity contribution in [2.75, 3.05) is 13.7 Å². The first-order valence-corrected chi connectivity index (χ1v) is 10.5. The van der Waals surface area contributed by atoms with Gasteiger partial charge in [0.25, 0.3) is 5.69 Å². The Balaban J connectivity index is 1.48. The number of nitro benzene ring substituents is 1. The molecule has 3 aromatic carbocycles. The molecule has 0 saturated heterocycles. The van der Waals surface area contributed by atoms with Crippen LogP contribution in [0, 0.1) is 10.1 Å². The van der Waals surface area contributed by atoms with Crippen LogP contribution in [0.4, 0.5) is 5.69 Å². The summed E-state index contributed by atoms with van der Waals surface area (Å²) in [5.74, 6) is 1.67. The number of ether oxygens (including phenoxy) is 2. The standard InChI is InChI=1S/C23H20Cl2N2O4/c1-30-19-4-2-3-15(9-19)13-26-8-7-16-10-20(6-5-17(16)14-26)31-23-21(24)11-18(27(28)29)12-22(23)25/h2-6,9-12H,7-8,13-14H2,1H3. The molecule has 3 aromatic rings. The van der Waals surface area contributed by atoms with Crippen molar-refractivity contribution in [2.45, 2.75) is 19.5 Å². The second kappa shape index (κ2) is 9.14. The molecule has 0 aliphatic carbocycles. The molecular weight excluding hydrogens is 439 g/mol. The molecule has 0 aromatic heterocycles. The van der Waals surface area contributed by atoms with Crippen molar-refractivity contribution in [1.29, 1.82) is 0 Å². The maximum absolute atomic E-state index is 10.9. The van der Waals surface area contributed by atoms with Crippen LogP contribution in [0.5, 0.6) is 17.2 Å². The summed E-state index contributed by atoms with van der Waals surface area (Å²) in [6.07, 6.45) is 0.887. The lowest BCUT2D eigenvalue weighted by molar-refractivity contribution is -0.384. The van der Waals surface area contributed by atoms with E-state index < -0.39 is 4.92 Å². The fourth-order valence-corrected chi connectivity index (χ4v) is 4.24. The minimum Gasteiger partial charge on any atom is -0.497 e. The van der Waals surface area contributed by atoms with Crippen LogP contribution in [0.3, 0.4) is 0 Å². The molecule has 0 spiro atoms. The molecule has 1 heterocycles. The first-order chi connectivity index (χ1) is 14.9. The minimum atomic E-state index is -0.544. The molecule has 0 radical (unpaired) electrons. The molecule has 0 amide bonds. The van der Waals surface area contributed by atoms with Crippen LogP contribution in [0.25, 0.3) is 0 Å². The molecule has 31 heavy (non-hydrogen) atoms. The van der Waals surface area contributed by atoms with Crippen molar-refractivity contribution in [3.63, 3.8) is 0 Å². The van der Waals surface area contributed by atoms with Gasteiger partial charge in [0, 0.05) is 31.8 Å². The van der Waals surface area contributed by atoms with E-state index in [-0.39, 0.29) is 21.5 Å². The fourth-order valence-electron chi connectivity index (χ4n) is 3.68. The largest absolute Gasteiger partial charge is 0.497 e. The number of hydrogen-bond acceptors (Lipinski definition) is 5. The van der Waals surface area contributed by atoms with Crippen LogP contribution in [0.15, 0.2) is 54.6 Å². The van der Waals surface area contributed by atoms with Crippen LogP contribution >= 0.6 is 23.2 Å². The van der Waals surface area contributed by atoms with Crippen molar-refractivity contribution >= 4 is 28.9 Å². The van der Waals surface area contributed by atoms with E-state index in [1.807, 2.05) is 30.3 Å². The summed E-state index contributed by atoms with van der Waals surface area (Å²) in [6, 6.07) is 16.5. The third kappa shape index (κ3) is 4.93. The van der Waals surface area contributed by atoms with Gasteiger partial charge < -0.3 is 9.47 Å². The number of fused-ring (bicyclic) bond motifs is 1. The molecule has 160 valence electrons. The van der Waals surface area contributed by atoms with E-state index in [9.17, 15) is 10.1 Å². The number of rotatable bonds is 6. The van der Waals surface area contributed by atoms with Crippen molar-refractivity contribution in [3.05, 3.63) is 91.4 Å². The Kier molecular flexibility index (Phi) is 6.32. The maximum atomic E-state index is 10.9. The third-order valence-corrected chi connectivity index (χ3v) is 5.78. The molecule has 0 atom stereocenters. The smallest absolute Gasteiger partial charge is 0.272 e. The quantitative estimate of drug-likeness (QED) is 0.322. The number of benzene rings is 3. The zero-order valence-corrected chi connectivity index (χ0v) is 18.3. The SMILES string of the molecule is COc1cccc(CN2CCc3cc(Oc4c(Cl)cc([N+](=O)[O-])cc4Cl)ccc3C2)c1. The molecular formula is C23H20Cl2N2O4. The number of nitrogens with zero attached hydrogens (tertiary/aromatic N) is 2. The van der Waals surface area contributed by atoms with E-state index in [1.54, 1.807) is 7.11 Å². The van der Waals surface area contributed by atoms with Crippen molar-refractivity contribution in [1.82, 2.24) is 4.90 Å². The van der Waals surface area contributed by atoms with Gasteiger partial charge in [-0.1, -0.05) is 41.4 Å². The van der Waals surface area contributed by atoms with Crippen LogP contribution in [-0.4, -0.2) is 23.5 Å². The number of non-ortho nitro benzene ring substituents is 1. The van der Waals surface area contributed by atoms with Crippen molar-refractivity contribution in [3.8, 4) is 17.2 Å². The number of nitro groups is 1. The van der Waals surface area contributed by atoms with Gasteiger partial charge in [-0.05, 0) is 47.4 Å². The Morgan fingerprint density at radius 3 is 2.52 bits per heavy atom. The lowest BCUT2D eigenvalue weighted by Gasteiger charge is -2.29. The summed E-state index contributed by atoms with van der Waals surface area (Å²) in [5, 5.41) is 11.1. The average molecular weight is 459 g/mol. The predicted octanol–water partition coefficient (Wildman–Crippen LogP) is 6.26. The highest BCUT2D eigenvalue weighted by Crippen LogP contribution is 2.40. The van der Waals surface area contributed by atoms with E-state index in [0.717, 1.165) is 31.8 Å². The third-order valence-electron chi connectivity index (χ3n) is 5.22. The van der Waals surface area contributed by atoms with Gasteiger partial charge in [-0.3, -0.25) is 15.0 Å². The van der Waals surface area contributed by atoms with Gasteiger partial charge >= 0.3 is 0 Å². The molecule has 0 fully saturated rings. The number of halogens is 2. The van der Waals surface area contributed by atoms with E-state index in [4.69, 9.17) is 32.7 Å². The average Bonchev–Trinajstić information content (AvgIpc) is 2.76. The van der Waals surface area contributed by atoms with E-state index in [0.29, 0.717) is 5.75 Å².